The highest BCUT2D eigenvalue weighted by atomic mass is 35.5. The van der Waals surface area contributed by atoms with Gasteiger partial charge in [-0.05, 0) is 36.8 Å². The number of sulfone groups is 1. The van der Waals surface area contributed by atoms with Crippen LogP contribution in [0, 0.1) is 0 Å². The van der Waals surface area contributed by atoms with Gasteiger partial charge in [-0.3, -0.25) is 14.5 Å². The number of nitrogens with one attached hydrogen (secondary N) is 1. The maximum absolute atomic E-state index is 12.7. The molecule has 0 bridgehead atoms. The Hall–Kier alpha value is -1.68. The van der Waals surface area contributed by atoms with E-state index in [1.54, 1.807) is 37.3 Å². The van der Waals surface area contributed by atoms with Crippen LogP contribution in [0.15, 0.2) is 40.7 Å². The van der Waals surface area contributed by atoms with Gasteiger partial charge in [0, 0.05) is 10.4 Å². The SMILES string of the molecule is C[C@H](C(=O)N[C@@H]1C=CS(=O)(=O)C1)N1C(=O)/C(=C\c2ccc(Cl)cc2)SC1=S. The number of hydrogen-bond donors (Lipinski definition) is 1. The van der Waals surface area contributed by atoms with Crippen LogP contribution in [0.2, 0.25) is 5.02 Å². The number of thioether (sulfide) groups is 1. The van der Waals surface area contributed by atoms with E-state index in [1.807, 2.05) is 0 Å². The number of rotatable bonds is 4. The molecule has 0 spiro atoms. The molecule has 6 nitrogen and oxygen atoms in total. The Bertz CT molecular complexity index is 970. The van der Waals surface area contributed by atoms with E-state index in [0.717, 1.165) is 22.7 Å². The molecule has 1 saturated heterocycles. The molecule has 2 heterocycles. The number of amides is 2. The first-order valence-electron chi connectivity index (χ1n) is 7.90. The van der Waals surface area contributed by atoms with Crippen molar-refractivity contribution in [3.05, 3.63) is 51.2 Å². The number of carbonyl (C=O) groups excluding carboxylic acids is 2. The first-order valence-corrected chi connectivity index (χ1v) is 11.2. The summed E-state index contributed by atoms with van der Waals surface area (Å²) >= 11 is 12.2. The first-order chi connectivity index (χ1) is 12.7. The van der Waals surface area contributed by atoms with Crippen molar-refractivity contribution in [2.24, 2.45) is 0 Å². The molecule has 3 rings (SSSR count). The topological polar surface area (TPSA) is 83.6 Å². The van der Waals surface area contributed by atoms with Gasteiger partial charge in [0.05, 0.1) is 16.7 Å². The highest BCUT2D eigenvalue weighted by molar-refractivity contribution is 8.26. The average Bonchev–Trinajstić information content (AvgIpc) is 3.07. The Balaban J connectivity index is 1.71. The number of carbonyl (C=O) groups is 2. The number of thiocarbonyl (C=S) groups is 1. The molecule has 142 valence electrons. The number of nitrogens with zero attached hydrogens (tertiary/aromatic N) is 1. The normalized spacial score (nSPS) is 23.9. The molecule has 0 aromatic heterocycles. The van der Waals surface area contributed by atoms with Crippen LogP contribution in [-0.2, 0) is 19.4 Å². The molecule has 0 aliphatic carbocycles. The lowest BCUT2D eigenvalue weighted by Crippen LogP contribution is -2.49. The third kappa shape index (κ3) is 4.60. The quantitative estimate of drug-likeness (QED) is 0.569. The molecule has 2 aliphatic heterocycles. The molecule has 1 N–H and O–H groups in total. The largest absolute Gasteiger partial charge is 0.347 e. The van der Waals surface area contributed by atoms with Gasteiger partial charge >= 0.3 is 0 Å². The summed E-state index contributed by atoms with van der Waals surface area (Å²) in [6, 6.07) is 5.52. The third-order valence-corrected chi connectivity index (χ3v) is 6.99. The van der Waals surface area contributed by atoms with Gasteiger partial charge in [0.25, 0.3) is 5.91 Å². The second-order valence-corrected chi connectivity index (χ2v) is 10.1. The van der Waals surface area contributed by atoms with E-state index in [-0.39, 0.29) is 16.0 Å². The van der Waals surface area contributed by atoms with Crippen LogP contribution in [0.3, 0.4) is 0 Å². The molecule has 0 unspecified atom stereocenters. The number of halogens is 1. The summed E-state index contributed by atoms with van der Waals surface area (Å²) in [5.74, 6) is -1.01. The Morgan fingerprint density at radius 1 is 1.41 bits per heavy atom. The Morgan fingerprint density at radius 2 is 2.07 bits per heavy atom. The summed E-state index contributed by atoms with van der Waals surface area (Å²) in [6.07, 6.45) is 3.11. The van der Waals surface area contributed by atoms with Crippen LogP contribution in [0.5, 0.6) is 0 Å². The molecular weight excluding hydrogens is 428 g/mol. The van der Waals surface area contributed by atoms with Gasteiger partial charge in [0.15, 0.2) is 9.84 Å². The van der Waals surface area contributed by atoms with Gasteiger partial charge in [0.2, 0.25) is 5.91 Å². The van der Waals surface area contributed by atoms with Gasteiger partial charge < -0.3 is 5.32 Å². The fourth-order valence-electron chi connectivity index (χ4n) is 2.61. The maximum atomic E-state index is 12.7. The average molecular weight is 443 g/mol. The summed E-state index contributed by atoms with van der Waals surface area (Å²) < 4.78 is 23.2. The van der Waals surface area contributed by atoms with Gasteiger partial charge in [-0.1, -0.05) is 47.7 Å². The van der Waals surface area contributed by atoms with E-state index in [1.165, 1.54) is 11.0 Å². The number of hydrogen-bond acceptors (Lipinski definition) is 6. The summed E-state index contributed by atoms with van der Waals surface area (Å²) in [7, 11) is -3.28. The summed E-state index contributed by atoms with van der Waals surface area (Å²) in [6.45, 7) is 1.55. The molecule has 1 fully saturated rings. The fraction of sp³-hybridized carbons (Fsp3) is 0.235. The highest BCUT2D eigenvalue weighted by Gasteiger charge is 2.39. The summed E-state index contributed by atoms with van der Waals surface area (Å²) in [5.41, 5.74) is 0.790. The molecule has 0 saturated carbocycles. The smallest absolute Gasteiger partial charge is 0.266 e. The molecule has 0 radical (unpaired) electrons. The Morgan fingerprint density at radius 3 is 2.67 bits per heavy atom. The van der Waals surface area contributed by atoms with Crippen LogP contribution < -0.4 is 5.32 Å². The zero-order valence-electron chi connectivity index (χ0n) is 14.1. The van der Waals surface area contributed by atoms with Crippen molar-refractivity contribution in [1.82, 2.24) is 10.2 Å². The van der Waals surface area contributed by atoms with Crippen molar-refractivity contribution in [3.8, 4) is 0 Å². The maximum Gasteiger partial charge on any atom is 0.266 e. The second kappa shape index (κ2) is 7.75. The van der Waals surface area contributed by atoms with E-state index in [0.29, 0.717) is 9.93 Å². The second-order valence-electron chi connectivity index (χ2n) is 6.05. The van der Waals surface area contributed by atoms with Gasteiger partial charge in [-0.15, -0.1) is 0 Å². The lowest BCUT2D eigenvalue weighted by Gasteiger charge is -2.23. The predicted molar refractivity (Wildman–Crippen MR) is 111 cm³/mol. The van der Waals surface area contributed by atoms with Crippen LogP contribution in [0.25, 0.3) is 6.08 Å². The molecule has 2 atom stereocenters. The summed E-state index contributed by atoms with van der Waals surface area (Å²) in [4.78, 5) is 26.8. The van der Waals surface area contributed by atoms with Gasteiger partial charge in [0.1, 0.15) is 10.4 Å². The monoisotopic (exact) mass is 442 g/mol. The molecule has 1 aromatic rings. The molecule has 2 aliphatic rings. The lowest BCUT2D eigenvalue weighted by atomic mass is 10.2. The van der Waals surface area contributed by atoms with Crippen LogP contribution in [-0.4, -0.2) is 47.3 Å². The van der Waals surface area contributed by atoms with Crippen molar-refractivity contribution in [2.45, 2.75) is 19.0 Å². The Kier molecular flexibility index (Phi) is 5.76. The molecule has 2 amide bonds. The molecule has 1 aromatic carbocycles. The lowest BCUT2D eigenvalue weighted by molar-refractivity contribution is -0.132. The minimum absolute atomic E-state index is 0.180. The van der Waals surface area contributed by atoms with E-state index >= 15 is 0 Å². The van der Waals surface area contributed by atoms with Crippen LogP contribution in [0.4, 0.5) is 0 Å². The zero-order valence-corrected chi connectivity index (χ0v) is 17.3. The van der Waals surface area contributed by atoms with Gasteiger partial charge in [-0.2, -0.15) is 0 Å². The van der Waals surface area contributed by atoms with Crippen LogP contribution >= 0.6 is 35.6 Å². The Labute approximate surface area is 171 Å². The van der Waals surface area contributed by atoms with Crippen molar-refractivity contribution in [2.75, 3.05) is 5.75 Å². The van der Waals surface area contributed by atoms with E-state index in [9.17, 15) is 18.0 Å². The van der Waals surface area contributed by atoms with Gasteiger partial charge in [-0.25, -0.2) is 8.42 Å². The first kappa shape index (κ1) is 20.1. The van der Waals surface area contributed by atoms with Crippen molar-refractivity contribution >= 4 is 67.6 Å². The van der Waals surface area contributed by atoms with E-state index in [2.05, 4.69) is 5.32 Å². The third-order valence-electron chi connectivity index (χ3n) is 4.02. The van der Waals surface area contributed by atoms with Crippen molar-refractivity contribution in [3.63, 3.8) is 0 Å². The fourth-order valence-corrected chi connectivity index (χ4v) is 5.39. The minimum atomic E-state index is -3.28. The highest BCUT2D eigenvalue weighted by Crippen LogP contribution is 2.34. The molecule has 27 heavy (non-hydrogen) atoms. The van der Waals surface area contributed by atoms with Crippen LogP contribution in [0.1, 0.15) is 12.5 Å². The standard InChI is InChI=1S/C17H15ClN2O4S3/c1-10(15(21)19-13-6-7-27(23,24)9-13)20-16(22)14(26-17(20)25)8-11-2-4-12(18)5-3-11/h2-8,10,13H,9H2,1H3,(H,19,21)/b14-8+/t10-,13-/m1/s1. The predicted octanol–water partition coefficient (Wildman–Crippen LogP) is 2.36. The number of benzene rings is 1. The summed E-state index contributed by atoms with van der Waals surface area (Å²) in [5, 5.41) is 4.29. The molecule has 10 heteroatoms. The van der Waals surface area contributed by atoms with Crippen molar-refractivity contribution in [1.29, 1.82) is 0 Å². The molecular formula is C17H15ClN2O4S3. The zero-order chi connectivity index (χ0) is 19.8. The van der Waals surface area contributed by atoms with E-state index in [4.69, 9.17) is 23.8 Å². The minimum Gasteiger partial charge on any atom is -0.347 e. The van der Waals surface area contributed by atoms with E-state index < -0.39 is 27.8 Å². The van der Waals surface area contributed by atoms with Crippen molar-refractivity contribution < 1.29 is 18.0 Å².